The monoisotopic (exact) mass is 322 g/mol. The molecule has 0 saturated carbocycles. The summed E-state index contributed by atoms with van der Waals surface area (Å²) >= 11 is 0. The molecule has 2 rings (SSSR count). The highest BCUT2D eigenvalue weighted by molar-refractivity contribution is 6.00. The Morgan fingerprint density at radius 1 is 1.00 bits per heavy atom. The lowest BCUT2D eigenvalue weighted by atomic mass is 10.2. The maximum atomic E-state index is 12.6. The van der Waals surface area contributed by atoms with E-state index in [4.69, 9.17) is 11.1 Å². The van der Waals surface area contributed by atoms with E-state index in [1.165, 1.54) is 24.3 Å². The van der Waals surface area contributed by atoms with E-state index < -0.39 is 17.8 Å². The molecule has 5 nitrogen and oxygen atoms in total. The van der Waals surface area contributed by atoms with Crippen molar-refractivity contribution in [2.75, 3.05) is 10.6 Å². The Balaban J connectivity index is 2.03. The van der Waals surface area contributed by atoms with Gasteiger partial charge in [0.05, 0.1) is 5.56 Å². The summed E-state index contributed by atoms with van der Waals surface area (Å²) in [4.78, 5) is 11.8. The molecule has 2 amide bonds. The highest BCUT2D eigenvalue weighted by Gasteiger charge is 2.30. The number of amides is 2. The van der Waals surface area contributed by atoms with Crippen molar-refractivity contribution in [3.8, 4) is 0 Å². The summed E-state index contributed by atoms with van der Waals surface area (Å²) in [6.07, 6.45) is -4.48. The number of carbonyl (C=O) groups is 1. The number of amidine groups is 1. The number of rotatable bonds is 3. The second-order valence-electron chi connectivity index (χ2n) is 4.65. The van der Waals surface area contributed by atoms with Crippen molar-refractivity contribution in [3.63, 3.8) is 0 Å². The van der Waals surface area contributed by atoms with Crippen LogP contribution in [0.4, 0.5) is 29.3 Å². The minimum Gasteiger partial charge on any atom is -0.384 e. The first-order valence-corrected chi connectivity index (χ1v) is 6.45. The van der Waals surface area contributed by atoms with Crippen LogP contribution in [0.1, 0.15) is 11.1 Å². The van der Waals surface area contributed by atoms with Gasteiger partial charge in [-0.05, 0) is 42.5 Å². The van der Waals surface area contributed by atoms with Gasteiger partial charge in [0.2, 0.25) is 0 Å². The Labute approximate surface area is 129 Å². The molecule has 0 heterocycles. The minimum absolute atomic E-state index is 0.0256. The highest BCUT2D eigenvalue weighted by atomic mass is 19.4. The van der Waals surface area contributed by atoms with Crippen LogP contribution >= 0.6 is 0 Å². The lowest BCUT2D eigenvalue weighted by Crippen LogP contribution is -2.20. The Morgan fingerprint density at radius 2 is 1.61 bits per heavy atom. The molecule has 0 aliphatic heterocycles. The maximum absolute atomic E-state index is 12.6. The van der Waals surface area contributed by atoms with Gasteiger partial charge < -0.3 is 16.4 Å². The maximum Gasteiger partial charge on any atom is 0.416 e. The van der Waals surface area contributed by atoms with E-state index >= 15 is 0 Å². The molecule has 0 fully saturated rings. The quantitative estimate of drug-likeness (QED) is 0.513. The number of anilines is 2. The summed E-state index contributed by atoms with van der Waals surface area (Å²) in [6, 6.07) is 9.80. The highest BCUT2D eigenvalue weighted by Crippen LogP contribution is 2.30. The van der Waals surface area contributed by atoms with Gasteiger partial charge in [0, 0.05) is 16.9 Å². The summed E-state index contributed by atoms with van der Waals surface area (Å²) in [6.45, 7) is 0. The number of nitrogens with two attached hydrogens (primary N) is 1. The molecule has 23 heavy (non-hydrogen) atoms. The fraction of sp³-hybridized carbons (Fsp3) is 0.0667. The van der Waals surface area contributed by atoms with Crippen LogP contribution in [0.25, 0.3) is 0 Å². The summed E-state index contributed by atoms with van der Waals surface area (Å²) in [5.41, 5.74) is 5.40. The molecule has 5 N–H and O–H groups in total. The molecule has 0 aromatic heterocycles. The molecule has 8 heteroatoms. The van der Waals surface area contributed by atoms with Crippen molar-refractivity contribution >= 4 is 23.2 Å². The average molecular weight is 322 g/mol. The number of alkyl halides is 3. The molecule has 0 bridgehead atoms. The zero-order chi connectivity index (χ0) is 17.0. The van der Waals surface area contributed by atoms with Crippen LogP contribution in [-0.4, -0.2) is 11.9 Å². The van der Waals surface area contributed by atoms with E-state index in [-0.39, 0.29) is 11.5 Å². The molecular weight excluding hydrogens is 309 g/mol. The Hall–Kier alpha value is -3.03. The fourth-order valence-corrected chi connectivity index (χ4v) is 1.80. The smallest absolute Gasteiger partial charge is 0.384 e. The molecule has 2 aromatic rings. The predicted octanol–water partition coefficient (Wildman–Crippen LogP) is 3.63. The van der Waals surface area contributed by atoms with Crippen molar-refractivity contribution in [2.45, 2.75) is 6.18 Å². The first-order chi connectivity index (χ1) is 10.8. The number of nitrogens with one attached hydrogen (secondary N) is 3. The van der Waals surface area contributed by atoms with Crippen LogP contribution in [0.5, 0.6) is 0 Å². The molecule has 0 atom stereocenters. The molecule has 0 unspecified atom stereocenters. The van der Waals surface area contributed by atoms with Crippen LogP contribution in [0.3, 0.4) is 0 Å². The van der Waals surface area contributed by atoms with Crippen molar-refractivity contribution in [2.24, 2.45) is 5.73 Å². The summed E-state index contributed by atoms with van der Waals surface area (Å²) in [5, 5.41) is 12.0. The van der Waals surface area contributed by atoms with Gasteiger partial charge in [0.1, 0.15) is 5.84 Å². The third-order valence-electron chi connectivity index (χ3n) is 2.90. The van der Waals surface area contributed by atoms with Gasteiger partial charge in [0.15, 0.2) is 0 Å². The molecular formula is C15H13F3N4O. The van der Waals surface area contributed by atoms with Crippen molar-refractivity contribution < 1.29 is 18.0 Å². The van der Waals surface area contributed by atoms with Gasteiger partial charge in [-0.1, -0.05) is 6.07 Å². The van der Waals surface area contributed by atoms with E-state index in [1.54, 1.807) is 12.1 Å². The largest absolute Gasteiger partial charge is 0.416 e. The summed E-state index contributed by atoms with van der Waals surface area (Å²) < 4.78 is 37.8. The average Bonchev–Trinajstić information content (AvgIpc) is 2.47. The van der Waals surface area contributed by atoms with Gasteiger partial charge >= 0.3 is 12.2 Å². The fourth-order valence-electron chi connectivity index (χ4n) is 1.80. The summed E-state index contributed by atoms with van der Waals surface area (Å²) in [7, 11) is 0. The number of hydrogen-bond acceptors (Lipinski definition) is 2. The number of carbonyl (C=O) groups excluding carboxylic acids is 1. The molecule has 0 aliphatic carbocycles. The van der Waals surface area contributed by atoms with E-state index in [1.807, 2.05) is 0 Å². The van der Waals surface area contributed by atoms with Crippen molar-refractivity contribution in [3.05, 3.63) is 59.7 Å². The van der Waals surface area contributed by atoms with Crippen LogP contribution < -0.4 is 16.4 Å². The predicted molar refractivity (Wildman–Crippen MR) is 81.5 cm³/mol. The minimum atomic E-state index is -4.48. The molecule has 0 saturated heterocycles. The zero-order valence-electron chi connectivity index (χ0n) is 11.7. The third kappa shape index (κ3) is 4.47. The van der Waals surface area contributed by atoms with Crippen molar-refractivity contribution in [1.82, 2.24) is 0 Å². The molecule has 0 radical (unpaired) electrons. The third-order valence-corrected chi connectivity index (χ3v) is 2.90. The Bertz CT molecular complexity index is 726. The van der Waals surface area contributed by atoms with E-state index in [0.717, 1.165) is 12.1 Å². The topological polar surface area (TPSA) is 91.0 Å². The zero-order valence-corrected chi connectivity index (χ0v) is 11.7. The molecule has 120 valence electrons. The Morgan fingerprint density at radius 3 is 2.17 bits per heavy atom. The standard InChI is InChI=1S/C15H13F3N4O/c16-15(17,18)10-2-1-3-12(8-10)22-14(23)21-11-6-4-9(5-7-11)13(19)20/h1-8H,(H3,19,20)(H2,21,22,23). The SMILES string of the molecule is N=C(N)c1ccc(NC(=O)Nc2cccc(C(F)(F)F)c2)cc1. The van der Waals surface area contributed by atoms with Gasteiger partial charge in [-0.15, -0.1) is 0 Å². The van der Waals surface area contributed by atoms with Gasteiger partial charge in [0.25, 0.3) is 0 Å². The van der Waals surface area contributed by atoms with E-state index in [0.29, 0.717) is 11.3 Å². The van der Waals surface area contributed by atoms with Gasteiger partial charge in [-0.25, -0.2) is 4.79 Å². The van der Waals surface area contributed by atoms with Crippen LogP contribution in [-0.2, 0) is 6.18 Å². The number of hydrogen-bond donors (Lipinski definition) is 4. The summed E-state index contributed by atoms with van der Waals surface area (Å²) in [5.74, 6) is -0.107. The van der Waals surface area contributed by atoms with Crippen LogP contribution in [0.15, 0.2) is 48.5 Å². The lowest BCUT2D eigenvalue weighted by molar-refractivity contribution is -0.137. The van der Waals surface area contributed by atoms with E-state index in [2.05, 4.69) is 10.6 Å². The van der Waals surface area contributed by atoms with Crippen LogP contribution in [0, 0.1) is 5.41 Å². The second-order valence-corrected chi connectivity index (χ2v) is 4.65. The Kier molecular flexibility index (Phi) is 4.54. The van der Waals surface area contributed by atoms with E-state index in [9.17, 15) is 18.0 Å². The van der Waals surface area contributed by atoms with Crippen LogP contribution in [0.2, 0.25) is 0 Å². The number of halogens is 3. The number of benzene rings is 2. The first kappa shape index (κ1) is 16.3. The first-order valence-electron chi connectivity index (χ1n) is 6.45. The molecule has 0 spiro atoms. The van der Waals surface area contributed by atoms with Crippen molar-refractivity contribution in [1.29, 1.82) is 5.41 Å². The number of urea groups is 1. The number of nitrogen functional groups attached to an aromatic ring is 1. The second kappa shape index (κ2) is 6.39. The molecule has 0 aliphatic rings. The lowest BCUT2D eigenvalue weighted by Gasteiger charge is -2.11. The van der Waals surface area contributed by atoms with Gasteiger partial charge in [-0.3, -0.25) is 5.41 Å². The van der Waals surface area contributed by atoms with Gasteiger partial charge in [-0.2, -0.15) is 13.2 Å². The normalized spacial score (nSPS) is 10.9. The molecule has 2 aromatic carbocycles.